The molecule has 1 aromatic carbocycles. The van der Waals surface area contributed by atoms with Crippen molar-refractivity contribution in [1.29, 1.82) is 0 Å². The first-order valence-electron chi connectivity index (χ1n) is 16.1. The van der Waals surface area contributed by atoms with Crippen LogP contribution >= 0.6 is 0 Å². The van der Waals surface area contributed by atoms with Gasteiger partial charge in [0.1, 0.15) is 16.9 Å². The second-order valence-electron chi connectivity index (χ2n) is 13.8. The number of hydrogen-bond acceptors (Lipinski definition) is 8. The van der Waals surface area contributed by atoms with Gasteiger partial charge in [0.15, 0.2) is 5.69 Å². The van der Waals surface area contributed by atoms with Crippen LogP contribution in [0.3, 0.4) is 0 Å². The molecule has 2 aromatic rings. The lowest BCUT2D eigenvalue weighted by molar-refractivity contribution is -0.152. The van der Waals surface area contributed by atoms with Gasteiger partial charge in [-0.05, 0) is 104 Å². The molecule has 2 N–H and O–H groups in total. The Bertz CT molecular complexity index is 1550. The lowest BCUT2D eigenvalue weighted by Gasteiger charge is -2.55. The fourth-order valence-corrected chi connectivity index (χ4v) is 8.85. The van der Waals surface area contributed by atoms with Crippen molar-refractivity contribution in [2.45, 2.75) is 70.0 Å². The van der Waals surface area contributed by atoms with Crippen LogP contribution in [0.1, 0.15) is 73.5 Å². The van der Waals surface area contributed by atoms with Crippen molar-refractivity contribution >= 4 is 23.5 Å². The lowest BCUT2D eigenvalue weighted by atomic mass is 9.50. The van der Waals surface area contributed by atoms with Crippen molar-refractivity contribution in [3.05, 3.63) is 35.0 Å². The highest BCUT2D eigenvalue weighted by atomic mass is 19.4. The summed E-state index contributed by atoms with van der Waals surface area (Å²) in [6, 6.07) is 5.44. The summed E-state index contributed by atoms with van der Waals surface area (Å²) in [6.45, 7) is 4.58. The van der Waals surface area contributed by atoms with E-state index in [0.717, 1.165) is 51.6 Å². The van der Waals surface area contributed by atoms with Gasteiger partial charge >= 0.3 is 12.1 Å². The highest BCUT2D eigenvalue weighted by Crippen LogP contribution is 2.70. The molecule has 2 bridgehead atoms. The Hall–Kier alpha value is -3.61. The van der Waals surface area contributed by atoms with Gasteiger partial charge in [-0.2, -0.15) is 18.2 Å². The quantitative estimate of drug-likeness (QED) is 0.369. The summed E-state index contributed by atoms with van der Waals surface area (Å²) in [7, 11) is 1.13. The summed E-state index contributed by atoms with van der Waals surface area (Å²) >= 11 is 0. The molecule has 0 radical (unpaired) electrons. The van der Waals surface area contributed by atoms with Gasteiger partial charge in [0, 0.05) is 25.4 Å². The molecule has 5 unspecified atom stereocenters. The van der Waals surface area contributed by atoms with Crippen LogP contribution in [0.4, 0.5) is 24.8 Å². The summed E-state index contributed by atoms with van der Waals surface area (Å²) in [5.74, 6) is -1.92. The van der Waals surface area contributed by atoms with Gasteiger partial charge in [0.2, 0.25) is 11.8 Å². The molecule has 248 valence electrons. The summed E-state index contributed by atoms with van der Waals surface area (Å²) in [6.07, 6.45) is 0.745. The molecule has 0 spiro atoms. The summed E-state index contributed by atoms with van der Waals surface area (Å²) in [5, 5.41) is 12.9. The molecule has 3 aliphatic carbocycles. The van der Waals surface area contributed by atoms with Crippen LogP contribution in [-0.4, -0.2) is 66.0 Å². The van der Waals surface area contributed by atoms with Crippen LogP contribution in [0.5, 0.6) is 11.6 Å². The highest BCUT2D eigenvalue weighted by Gasteiger charge is 2.69. The standard InChI is InChI=1S/C33H39F3N4O6/c1-31-16-22-15-20(31)14-21(31)17-32(22,29(42)43)39-27(41)25-26(33(34,35)36)37-30(38-28(25)44-2)40-9-5-19-13-23(3-4-24(19)40)46-12-8-18-6-10-45-11-7-18/h3-4,13,18,20-22H,5-12,14-17H2,1-2H3,(H,39,41)(H,42,43). The van der Waals surface area contributed by atoms with Gasteiger partial charge in [-0.3, -0.25) is 4.79 Å². The number of carbonyl (C=O) groups excluding carboxylic acids is 1. The maximum Gasteiger partial charge on any atom is 0.434 e. The smallest absolute Gasteiger partial charge is 0.434 e. The zero-order valence-electron chi connectivity index (χ0n) is 26.0. The van der Waals surface area contributed by atoms with E-state index in [1.807, 2.05) is 6.07 Å². The number of anilines is 2. The van der Waals surface area contributed by atoms with E-state index in [1.54, 1.807) is 17.0 Å². The number of aliphatic carboxylic acids is 1. The third-order valence-corrected chi connectivity index (χ3v) is 11.5. The van der Waals surface area contributed by atoms with Gasteiger partial charge < -0.3 is 29.5 Å². The third kappa shape index (κ3) is 5.05. The van der Waals surface area contributed by atoms with Crippen molar-refractivity contribution in [2.24, 2.45) is 29.1 Å². The minimum atomic E-state index is -5.04. The minimum absolute atomic E-state index is 0.0254. The Balaban J connectivity index is 1.14. The van der Waals surface area contributed by atoms with E-state index < -0.39 is 40.7 Å². The van der Waals surface area contributed by atoms with E-state index in [9.17, 15) is 27.9 Å². The molecule has 4 fully saturated rings. The number of benzene rings is 1. The van der Waals surface area contributed by atoms with Crippen LogP contribution in [0.25, 0.3) is 0 Å². The molecule has 46 heavy (non-hydrogen) atoms. The molecule has 3 saturated carbocycles. The van der Waals surface area contributed by atoms with Crippen LogP contribution < -0.4 is 19.7 Å². The molecule has 5 aliphatic rings. The average molecular weight is 645 g/mol. The maximum absolute atomic E-state index is 14.6. The largest absolute Gasteiger partial charge is 0.494 e. The summed E-state index contributed by atoms with van der Waals surface area (Å²) in [4.78, 5) is 36.2. The number of rotatable bonds is 9. The number of alkyl halides is 3. The predicted octanol–water partition coefficient (Wildman–Crippen LogP) is 5.40. The first-order chi connectivity index (χ1) is 21.9. The van der Waals surface area contributed by atoms with Crippen LogP contribution in [0, 0.1) is 29.1 Å². The van der Waals surface area contributed by atoms with Crippen LogP contribution in [-0.2, 0) is 22.1 Å². The number of halogens is 3. The number of carbonyl (C=O) groups is 2. The van der Waals surface area contributed by atoms with E-state index in [2.05, 4.69) is 22.2 Å². The molecule has 7 rings (SSSR count). The Labute approximate surface area is 265 Å². The zero-order valence-corrected chi connectivity index (χ0v) is 26.0. The van der Waals surface area contributed by atoms with Crippen molar-refractivity contribution in [3.8, 4) is 11.6 Å². The van der Waals surface area contributed by atoms with E-state index >= 15 is 0 Å². The molecule has 13 heteroatoms. The van der Waals surface area contributed by atoms with Gasteiger partial charge in [0.25, 0.3) is 5.91 Å². The highest BCUT2D eigenvalue weighted by molar-refractivity contribution is 6.01. The second-order valence-corrected chi connectivity index (χ2v) is 13.8. The first kappa shape index (κ1) is 31.0. The maximum atomic E-state index is 14.6. The number of hydrogen-bond donors (Lipinski definition) is 2. The van der Waals surface area contributed by atoms with E-state index in [1.165, 1.54) is 0 Å². The zero-order chi connectivity index (χ0) is 32.4. The summed E-state index contributed by atoms with van der Waals surface area (Å²) < 4.78 is 60.5. The Morgan fingerprint density at radius 2 is 1.89 bits per heavy atom. The number of fused-ring (bicyclic) bond motifs is 2. The van der Waals surface area contributed by atoms with Gasteiger partial charge in [-0.15, -0.1) is 0 Å². The molecule has 1 amide bonds. The van der Waals surface area contributed by atoms with Crippen LogP contribution in [0.15, 0.2) is 18.2 Å². The molecule has 1 aromatic heterocycles. The number of nitrogens with zero attached hydrogens (tertiary/aromatic N) is 3. The van der Waals surface area contributed by atoms with E-state index in [4.69, 9.17) is 14.2 Å². The van der Waals surface area contributed by atoms with Crippen molar-refractivity contribution in [2.75, 3.05) is 38.4 Å². The minimum Gasteiger partial charge on any atom is -0.494 e. The first-order valence-corrected chi connectivity index (χ1v) is 16.1. The normalized spacial score (nSPS) is 30.0. The molecule has 10 nitrogen and oxygen atoms in total. The SMILES string of the molecule is COc1nc(N2CCc3cc(OCCC4CCOCC4)ccc32)nc(C(F)(F)F)c1C(=O)NC1(C(=O)O)CC2CC3CC1CC32C. The topological polar surface area (TPSA) is 123 Å². The Kier molecular flexibility index (Phi) is 7.60. The molecular formula is C33H39F3N4O6. The number of carboxylic acids is 1. The third-order valence-electron chi connectivity index (χ3n) is 11.5. The Morgan fingerprint density at radius 3 is 2.61 bits per heavy atom. The molecular weight excluding hydrogens is 605 g/mol. The average Bonchev–Trinajstić information content (AvgIpc) is 3.47. The summed E-state index contributed by atoms with van der Waals surface area (Å²) in [5.41, 5.74) is -2.51. The number of amides is 1. The number of methoxy groups -OCH3 is 1. The van der Waals surface area contributed by atoms with Gasteiger partial charge in [-0.25, -0.2) is 9.78 Å². The van der Waals surface area contributed by atoms with Crippen molar-refractivity contribution < 1.29 is 42.1 Å². The molecule has 3 heterocycles. The van der Waals surface area contributed by atoms with Gasteiger partial charge in [-0.1, -0.05) is 6.92 Å². The molecule has 2 aliphatic heterocycles. The second kappa shape index (κ2) is 11.3. The number of ether oxygens (including phenoxy) is 3. The van der Waals surface area contributed by atoms with E-state index in [-0.39, 0.29) is 29.6 Å². The number of aromatic nitrogens is 2. The number of nitrogens with one attached hydrogen (secondary N) is 1. The molecule has 5 atom stereocenters. The Morgan fingerprint density at radius 1 is 1.13 bits per heavy atom. The fourth-order valence-electron chi connectivity index (χ4n) is 8.85. The van der Waals surface area contributed by atoms with Crippen molar-refractivity contribution in [3.63, 3.8) is 0 Å². The van der Waals surface area contributed by atoms with Crippen molar-refractivity contribution in [1.82, 2.24) is 15.3 Å². The fraction of sp³-hybridized carbons (Fsp3) is 0.636. The molecule has 1 saturated heterocycles. The lowest BCUT2D eigenvalue weighted by Crippen LogP contribution is -2.63. The van der Waals surface area contributed by atoms with E-state index in [0.29, 0.717) is 55.7 Å². The monoisotopic (exact) mass is 644 g/mol. The predicted molar refractivity (Wildman–Crippen MR) is 159 cm³/mol. The van der Waals surface area contributed by atoms with Crippen LogP contribution in [0.2, 0.25) is 0 Å². The number of carboxylic acid groups (broad SMARTS) is 1. The van der Waals surface area contributed by atoms with Gasteiger partial charge in [0.05, 0.1) is 13.7 Å².